The van der Waals surface area contributed by atoms with Crippen LogP contribution in [0.25, 0.3) is 0 Å². The number of aryl methyl sites for hydroxylation is 2. The number of hydrogen-bond donors (Lipinski definition) is 0. The summed E-state index contributed by atoms with van der Waals surface area (Å²) in [5.41, 5.74) is 7.82. The fraction of sp³-hybridized carbons (Fsp3) is 0.333. The Hall–Kier alpha value is -0.540. The number of halogens is 2. The zero-order valence-corrected chi connectivity index (χ0v) is 14.1. The Labute approximate surface area is 125 Å². The monoisotopic (exact) mass is 370 g/mol. The summed E-state index contributed by atoms with van der Waals surface area (Å²) in [5.74, 6) is 0. The quantitative estimate of drug-likeness (QED) is 0.611. The van der Waals surface area contributed by atoms with Crippen LogP contribution in [0.3, 0.4) is 0 Å². The molecule has 0 radical (unpaired) electrons. The van der Waals surface area contributed by atoms with Gasteiger partial charge in [-0.1, -0.05) is 22.0 Å². The van der Waals surface area contributed by atoms with E-state index in [1.54, 1.807) is 6.26 Å². The molecule has 1 aromatic carbocycles. The largest absolute Gasteiger partial charge is 0.457 e. The van der Waals surface area contributed by atoms with Crippen molar-refractivity contribution in [2.24, 2.45) is 0 Å². The highest BCUT2D eigenvalue weighted by molar-refractivity contribution is 9.10. The maximum Gasteiger partial charge on any atom is 0.173 e. The fourth-order valence-corrected chi connectivity index (χ4v) is 4.09. The molecule has 0 amide bonds. The van der Waals surface area contributed by atoms with Crippen molar-refractivity contribution >= 4 is 31.9 Å². The Balaban J connectivity index is 2.61. The van der Waals surface area contributed by atoms with E-state index in [0.717, 1.165) is 10.2 Å². The van der Waals surface area contributed by atoms with Gasteiger partial charge in [-0.15, -0.1) is 0 Å². The number of furan rings is 1. The van der Waals surface area contributed by atoms with Gasteiger partial charge in [0.2, 0.25) is 0 Å². The number of benzene rings is 1. The maximum atomic E-state index is 5.33. The first-order valence-corrected chi connectivity index (χ1v) is 7.58. The highest BCUT2D eigenvalue weighted by atomic mass is 79.9. The lowest BCUT2D eigenvalue weighted by molar-refractivity contribution is 0.537. The van der Waals surface area contributed by atoms with Crippen LogP contribution in [0.4, 0.5) is 0 Å². The van der Waals surface area contributed by atoms with Crippen LogP contribution in [0.2, 0.25) is 0 Å². The predicted octanol–water partition coefficient (Wildman–Crippen LogP) is 5.76. The molecule has 2 rings (SSSR count). The van der Waals surface area contributed by atoms with Gasteiger partial charge in [-0.3, -0.25) is 0 Å². The lowest BCUT2D eigenvalue weighted by atomic mass is 9.91. The Kier molecular flexibility index (Phi) is 4.02. The molecule has 0 aliphatic rings. The van der Waals surface area contributed by atoms with Crippen molar-refractivity contribution in [3.05, 3.63) is 56.4 Å². The summed E-state index contributed by atoms with van der Waals surface area (Å²) in [6.45, 7) is 8.68. The van der Waals surface area contributed by atoms with E-state index in [1.165, 1.54) is 27.8 Å². The highest BCUT2D eigenvalue weighted by Gasteiger charge is 2.21. The third kappa shape index (κ3) is 2.30. The van der Waals surface area contributed by atoms with Crippen molar-refractivity contribution < 1.29 is 4.42 Å². The van der Waals surface area contributed by atoms with Crippen molar-refractivity contribution in [3.63, 3.8) is 0 Å². The summed E-state index contributed by atoms with van der Waals surface area (Å²) in [5, 5.41) is 0. The lowest BCUT2D eigenvalue weighted by Gasteiger charge is -2.19. The number of hydrogen-bond acceptors (Lipinski definition) is 1. The summed E-state index contributed by atoms with van der Waals surface area (Å²) in [7, 11) is 0. The van der Waals surface area contributed by atoms with Crippen molar-refractivity contribution in [2.75, 3.05) is 0 Å². The molecule has 1 heterocycles. The van der Waals surface area contributed by atoms with E-state index in [4.69, 9.17) is 4.42 Å². The predicted molar refractivity (Wildman–Crippen MR) is 82.6 cm³/mol. The van der Waals surface area contributed by atoms with Crippen LogP contribution in [0, 0.1) is 27.7 Å². The summed E-state index contributed by atoms with van der Waals surface area (Å²) < 4.78 is 6.13. The Bertz CT molecular complexity index is 558. The summed E-state index contributed by atoms with van der Waals surface area (Å²) in [4.78, 5) is 0.157. The molecule has 18 heavy (non-hydrogen) atoms. The molecule has 1 unspecified atom stereocenters. The van der Waals surface area contributed by atoms with Crippen LogP contribution in [0.5, 0.6) is 0 Å². The smallest absolute Gasteiger partial charge is 0.173 e. The second kappa shape index (κ2) is 5.22. The van der Waals surface area contributed by atoms with E-state index in [1.807, 2.05) is 6.07 Å². The molecule has 0 aliphatic carbocycles. The van der Waals surface area contributed by atoms with Gasteiger partial charge in [-0.2, -0.15) is 0 Å². The molecule has 0 N–H and O–H groups in total. The SMILES string of the molecule is Cc1cc(C)c(C)c(C(Br)c2ccoc2Br)c1C. The highest BCUT2D eigenvalue weighted by Crippen LogP contribution is 2.40. The molecule has 2 aromatic rings. The average Bonchev–Trinajstić information content (AvgIpc) is 2.73. The van der Waals surface area contributed by atoms with E-state index in [2.05, 4.69) is 65.6 Å². The summed E-state index contributed by atoms with van der Waals surface area (Å²) in [6, 6.07) is 4.25. The van der Waals surface area contributed by atoms with E-state index >= 15 is 0 Å². The fourth-order valence-electron chi connectivity index (χ4n) is 2.27. The van der Waals surface area contributed by atoms with Crippen LogP contribution in [0.15, 0.2) is 27.5 Å². The third-order valence-electron chi connectivity index (χ3n) is 3.60. The van der Waals surface area contributed by atoms with Crippen LogP contribution in [-0.2, 0) is 0 Å². The molecule has 0 spiro atoms. The molecule has 1 nitrogen and oxygen atoms in total. The average molecular weight is 372 g/mol. The zero-order chi connectivity index (χ0) is 13.4. The molecular weight excluding hydrogens is 356 g/mol. The van der Waals surface area contributed by atoms with Gasteiger partial charge in [0.15, 0.2) is 4.67 Å². The normalized spacial score (nSPS) is 12.8. The molecule has 0 saturated carbocycles. The zero-order valence-electron chi connectivity index (χ0n) is 11.0. The van der Waals surface area contributed by atoms with E-state index in [9.17, 15) is 0 Å². The minimum Gasteiger partial charge on any atom is -0.457 e. The Morgan fingerprint density at radius 3 is 2.06 bits per heavy atom. The molecular formula is C15H16Br2O. The van der Waals surface area contributed by atoms with Crippen molar-refractivity contribution in [3.8, 4) is 0 Å². The first kappa shape index (κ1) is 13.9. The van der Waals surface area contributed by atoms with Gasteiger partial charge in [-0.05, 0) is 77.5 Å². The van der Waals surface area contributed by atoms with Gasteiger partial charge in [0, 0.05) is 5.56 Å². The second-order valence-electron chi connectivity index (χ2n) is 4.69. The van der Waals surface area contributed by atoms with Gasteiger partial charge in [-0.25, -0.2) is 0 Å². The molecule has 0 bridgehead atoms. The van der Waals surface area contributed by atoms with E-state index in [0.29, 0.717) is 0 Å². The third-order valence-corrected chi connectivity index (χ3v) is 5.19. The molecule has 96 valence electrons. The van der Waals surface area contributed by atoms with Crippen molar-refractivity contribution in [2.45, 2.75) is 32.5 Å². The Morgan fingerprint density at radius 1 is 1.06 bits per heavy atom. The number of alkyl halides is 1. The molecule has 3 heteroatoms. The van der Waals surface area contributed by atoms with Crippen molar-refractivity contribution in [1.29, 1.82) is 0 Å². The van der Waals surface area contributed by atoms with Gasteiger partial charge in [0.05, 0.1) is 11.1 Å². The van der Waals surface area contributed by atoms with Gasteiger partial charge < -0.3 is 4.42 Å². The van der Waals surface area contributed by atoms with Crippen LogP contribution in [0.1, 0.15) is 38.2 Å². The molecule has 0 fully saturated rings. The van der Waals surface area contributed by atoms with Crippen LogP contribution in [-0.4, -0.2) is 0 Å². The Morgan fingerprint density at radius 2 is 1.61 bits per heavy atom. The van der Waals surface area contributed by atoms with Crippen LogP contribution >= 0.6 is 31.9 Å². The van der Waals surface area contributed by atoms with Crippen molar-refractivity contribution in [1.82, 2.24) is 0 Å². The molecule has 0 aliphatic heterocycles. The summed E-state index contributed by atoms with van der Waals surface area (Å²) in [6.07, 6.45) is 1.71. The number of rotatable bonds is 2. The first-order valence-electron chi connectivity index (χ1n) is 5.87. The second-order valence-corrected chi connectivity index (χ2v) is 6.32. The molecule has 1 atom stereocenters. The van der Waals surface area contributed by atoms with E-state index < -0.39 is 0 Å². The molecule has 1 aromatic heterocycles. The van der Waals surface area contributed by atoms with E-state index in [-0.39, 0.29) is 4.83 Å². The molecule has 0 saturated heterocycles. The minimum absolute atomic E-state index is 0.157. The minimum atomic E-state index is 0.157. The summed E-state index contributed by atoms with van der Waals surface area (Å²) >= 11 is 7.26. The first-order chi connectivity index (χ1) is 8.43. The van der Waals surface area contributed by atoms with Gasteiger partial charge in [0.1, 0.15) is 0 Å². The van der Waals surface area contributed by atoms with Crippen LogP contribution < -0.4 is 0 Å². The maximum absolute atomic E-state index is 5.33. The lowest BCUT2D eigenvalue weighted by Crippen LogP contribution is -2.02. The topological polar surface area (TPSA) is 13.1 Å². The standard InChI is InChI=1S/C15H16Br2O/c1-8-7-9(2)11(4)13(10(8)3)14(16)12-5-6-18-15(12)17/h5-7,14H,1-4H3. The van der Waals surface area contributed by atoms with Gasteiger partial charge in [0.25, 0.3) is 0 Å². The van der Waals surface area contributed by atoms with Gasteiger partial charge >= 0.3 is 0 Å².